The average molecular weight is 535 g/mol. The van der Waals surface area contributed by atoms with Crippen LogP contribution in [0.3, 0.4) is 0 Å². The number of esters is 1. The molecule has 2 unspecified atom stereocenters. The zero-order chi connectivity index (χ0) is 20.6. The van der Waals surface area contributed by atoms with E-state index in [9.17, 15) is 13.6 Å². The van der Waals surface area contributed by atoms with Gasteiger partial charge < -0.3 is 4.74 Å². The zero-order valence-electron chi connectivity index (χ0n) is 15.1. The largest absolute Gasteiger partial charge is 0.460 e. The molecule has 0 bridgehead atoms. The summed E-state index contributed by atoms with van der Waals surface area (Å²) < 4.78 is 35.1. The van der Waals surface area contributed by atoms with Gasteiger partial charge in [0.25, 0.3) is 0 Å². The topological polar surface area (TPSA) is 26.3 Å². The lowest BCUT2D eigenvalue weighted by Crippen LogP contribution is -2.12. The van der Waals surface area contributed by atoms with Crippen molar-refractivity contribution in [2.75, 3.05) is 0 Å². The summed E-state index contributed by atoms with van der Waals surface area (Å²) in [6.45, 7) is 3.44. The molecule has 0 aromatic heterocycles. The third-order valence-electron chi connectivity index (χ3n) is 5.17. The maximum atomic E-state index is 14.9. The van der Waals surface area contributed by atoms with E-state index in [0.717, 1.165) is 3.39 Å². The molecule has 3 rings (SSSR count). The van der Waals surface area contributed by atoms with Gasteiger partial charge in [-0.25, -0.2) is 8.78 Å². The predicted molar refractivity (Wildman–Crippen MR) is 113 cm³/mol. The maximum Gasteiger partial charge on any atom is 0.310 e. The molecule has 0 saturated heterocycles. The Hall–Kier alpha value is -1.24. The highest BCUT2D eigenvalue weighted by atomic mass is 79.9. The molecule has 2 aromatic carbocycles. The molecule has 0 heterocycles. The molecule has 1 aliphatic rings. The molecule has 0 radical (unpaired) electrons. The minimum Gasteiger partial charge on any atom is -0.460 e. The Morgan fingerprint density at radius 1 is 1.18 bits per heavy atom. The van der Waals surface area contributed by atoms with Crippen LogP contribution in [0.5, 0.6) is 0 Å². The lowest BCUT2D eigenvalue weighted by molar-refractivity contribution is -0.147. The minimum atomic E-state index is -0.752. The normalized spacial score (nSPS) is 19.8. The van der Waals surface area contributed by atoms with E-state index in [1.165, 1.54) is 12.1 Å². The number of hydrogen-bond donors (Lipinski definition) is 0. The van der Waals surface area contributed by atoms with Crippen LogP contribution < -0.4 is 0 Å². The number of carbonyl (C=O) groups is 1. The monoisotopic (exact) mass is 532 g/mol. The van der Waals surface area contributed by atoms with Crippen molar-refractivity contribution in [1.82, 2.24) is 0 Å². The van der Waals surface area contributed by atoms with Gasteiger partial charge in [0.2, 0.25) is 0 Å². The first-order chi connectivity index (χ1) is 13.1. The van der Waals surface area contributed by atoms with Crippen LogP contribution in [-0.2, 0) is 16.1 Å². The maximum absolute atomic E-state index is 14.9. The zero-order valence-corrected chi connectivity index (χ0v) is 19.0. The van der Waals surface area contributed by atoms with Gasteiger partial charge in [-0.1, -0.05) is 43.7 Å². The standard InChI is InChI=1S/C21H17Br2ClF2O2/c1-21(2)15(9-17(22)23)18(21)20(27)28-10-14-16(25)8-7-13(19(14)26)11-3-5-12(24)6-4-11/h3-9,15,18H,10H2,1-2H3. The van der Waals surface area contributed by atoms with E-state index in [0.29, 0.717) is 10.6 Å². The van der Waals surface area contributed by atoms with Gasteiger partial charge in [-0.2, -0.15) is 0 Å². The summed E-state index contributed by atoms with van der Waals surface area (Å²) in [5.41, 5.74) is 0.240. The second kappa shape index (κ2) is 8.25. The smallest absolute Gasteiger partial charge is 0.310 e. The summed E-state index contributed by atoms with van der Waals surface area (Å²) in [4.78, 5) is 12.5. The SMILES string of the molecule is CC1(C)C(C=C(Br)Br)C1C(=O)OCc1c(F)ccc(-c2ccc(Cl)cc2)c1F. The number of halogens is 5. The molecule has 1 aliphatic carbocycles. The molecule has 2 nitrogen and oxygen atoms in total. The van der Waals surface area contributed by atoms with E-state index in [1.807, 2.05) is 19.9 Å². The van der Waals surface area contributed by atoms with Crippen LogP contribution in [0.15, 0.2) is 45.9 Å². The van der Waals surface area contributed by atoms with Crippen LogP contribution in [-0.4, -0.2) is 5.97 Å². The number of rotatable bonds is 5. The van der Waals surface area contributed by atoms with Crippen molar-refractivity contribution in [3.8, 4) is 11.1 Å². The summed E-state index contributed by atoms with van der Waals surface area (Å²) in [6.07, 6.45) is 1.88. The quantitative estimate of drug-likeness (QED) is 0.378. The van der Waals surface area contributed by atoms with E-state index in [2.05, 4.69) is 31.9 Å². The first kappa shape index (κ1) is 21.5. The Morgan fingerprint density at radius 2 is 1.82 bits per heavy atom. The van der Waals surface area contributed by atoms with E-state index in [1.54, 1.807) is 24.3 Å². The van der Waals surface area contributed by atoms with Crippen molar-refractivity contribution in [3.63, 3.8) is 0 Å². The summed E-state index contributed by atoms with van der Waals surface area (Å²) in [6, 6.07) is 9.09. The number of allylic oxidation sites excluding steroid dienone is 1. The lowest BCUT2D eigenvalue weighted by atomic mass is 10.0. The summed E-state index contributed by atoms with van der Waals surface area (Å²) >= 11 is 12.4. The van der Waals surface area contributed by atoms with E-state index in [4.69, 9.17) is 16.3 Å². The molecule has 1 saturated carbocycles. The van der Waals surface area contributed by atoms with Crippen LogP contribution in [0.25, 0.3) is 11.1 Å². The molecule has 0 amide bonds. The first-order valence-electron chi connectivity index (χ1n) is 8.55. The lowest BCUT2D eigenvalue weighted by Gasteiger charge is -2.11. The fraction of sp³-hybridized carbons (Fsp3) is 0.286. The molecule has 1 fully saturated rings. The average Bonchev–Trinajstić information content (AvgIpc) is 3.15. The summed E-state index contributed by atoms with van der Waals surface area (Å²) in [7, 11) is 0. The highest BCUT2D eigenvalue weighted by molar-refractivity contribution is 9.28. The Morgan fingerprint density at radius 3 is 2.43 bits per heavy atom. The fourth-order valence-corrected chi connectivity index (χ4v) is 4.09. The van der Waals surface area contributed by atoms with Gasteiger partial charge in [0.1, 0.15) is 18.2 Å². The van der Waals surface area contributed by atoms with Crippen molar-refractivity contribution in [3.05, 3.63) is 68.1 Å². The third kappa shape index (κ3) is 4.34. The highest BCUT2D eigenvalue weighted by Crippen LogP contribution is 2.60. The Balaban J connectivity index is 1.78. The third-order valence-corrected chi connectivity index (χ3v) is 5.95. The highest BCUT2D eigenvalue weighted by Gasteiger charge is 2.61. The van der Waals surface area contributed by atoms with Crippen LogP contribution in [0, 0.1) is 28.9 Å². The van der Waals surface area contributed by atoms with Gasteiger partial charge >= 0.3 is 5.97 Å². The molecule has 2 atom stereocenters. The van der Waals surface area contributed by atoms with Crippen molar-refractivity contribution in [2.24, 2.45) is 17.3 Å². The molecule has 28 heavy (non-hydrogen) atoms. The molecular formula is C21H17Br2ClF2O2. The molecule has 0 spiro atoms. The van der Waals surface area contributed by atoms with Crippen LogP contribution in [0.1, 0.15) is 19.4 Å². The number of hydrogen-bond acceptors (Lipinski definition) is 2. The van der Waals surface area contributed by atoms with Crippen LogP contribution in [0.4, 0.5) is 8.78 Å². The molecule has 0 aliphatic heterocycles. The van der Waals surface area contributed by atoms with Gasteiger partial charge in [0.15, 0.2) is 0 Å². The first-order valence-corrected chi connectivity index (χ1v) is 10.5. The molecule has 2 aromatic rings. The Labute approximate surface area is 184 Å². The second-order valence-corrected chi connectivity index (χ2v) is 10.5. The molecule has 0 N–H and O–H groups in total. The molecule has 7 heteroatoms. The van der Waals surface area contributed by atoms with Crippen LogP contribution in [0.2, 0.25) is 5.02 Å². The van der Waals surface area contributed by atoms with Gasteiger partial charge in [-0.3, -0.25) is 4.79 Å². The molecular weight excluding hydrogens is 517 g/mol. The Kier molecular flexibility index (Phi) is 6.32. The predicted octanol–water partition coefficient (Wildman–Crippen LogP) is 7.23. The van der Waals surface area contributed by atoms with Gasteiger partial charge in [-0.05, 0) is 73.0 Å². The van der Waals surface area contributed by atoms with Crippen LogP contribution >= 0.6 is 43.5 Å². The van der Waals surface area contributed by atoms with E-state index >= 15 is 0 Å². The van der Waals surface area contributed by atoms with Crippen molar-refractivity contribution < 1.29 is 18.3 Å². The van der Waals surface area contributed by atoms with E-state index in [-0.39, 0.29) is 28.4 Å². The number of carbonyl (C=O) groups excluding carboxylic acids is 1. The fourth-order valence-electron chi connectivity index (χ4n) is 3.39. The van der Waals surface area contributed by atoms with E-state index < -0.39 is 24.2 Å². The summed E-state index contributed by atoms with van der Waals surface area (Å²) in [5, 5.41) is 0.520. The number of benzene rings is 2. The van der Waals surface area contributed by atoms with Crippen molar-refractivity contribution >= 4 is 49.4 Å². The van der Waals surface area contributed by atoms with Crippen molar-refractivity contribution in [2.45, 2.75) is 20.5 Å². The number of ether oxygens (including phenoxy) is 1. The Bertz CT molecular complexity index is 938. The van der Waals surface area contributed by atoms with Gasteiger partial charge in [0.05, 0.1) is 14.9 Å². The minimum absolute atomic E-state index is 0.0103. The van der Waals surface area contributed by atoms with Gasteiger partial charge in [-0.15, -0.1) is 0 Å². The van der Waals surface area contributed by atoms with Gasteiger partial charge in [0, 0.05) is 10.6 Å². The molecule has 148 valence electrons. The summed E-state index contributed by atoms with van der Waals surface area (Å²) in [5.74, 6) is -2.34. The van der Waals surface area contributed by atoms with Crippen molar-refractivity contribution in [1.29, 1.82) is 0 Å². The second-order valence-electron chi connectivity index (χ2n) is 7.28.